The predicted octanol–water partition coefficient (Wildman–Crippen LogP) is 1.60. The highest BCUT2D eigenvalue weighted by Gasteiger charge is 2.12. The van der Waals surface area contributed by atoms with Gasteiger partial charge in [0, 0.05) is 6.08 Å². The molecular weight excluding hydrogens is 292 g/mol. The van der Waals surface area contributed by atoms with Gasteiger partial charge in [-0.3, -0.25) is 9.59 Å². The van der Waals surface area contributed by atoms with Crippen LogP contribution in [0.5, 0.6) is 0 Å². The summed E-state index contributed by atoms with van der Waals surface area (Å²) in [6.45, 7) is 9.13. The third-order valence-corrected chi connectivity index (χ3v) is 2.25. The zero-order valence-electron chi connectivity index (χ0n) is 13.3. The first kappa shape index (κ1) is 20.1. The van der Waals surface area contributed by atoms with Crippen molar-refractivity contribution < 1.29 is 33.3 Å². The fourth-order valence-corrected chi connectivity index (χ4v) is 1.22. The maximum Gasteiger partial charge on any atom is 0.330 e. The number of rotatable bonds is 11. The number of hydrogen-bond acceptors (Lipinski definition) is 7. The minimum atomic E-state index is -0.635. The van der Waals surface area contributed by atoms with Crippen molar-refractivity contribution in [1.29, 1.82) is 0 Å². The summed E-state index contributed by atoms with van der Waals surface area (Å²) >= 11 is 0. The van der Waals surface area contributed by atoms with Crippen LogP contribution in [-0.2, 0) is 33.3 Å². The van der Waals surface area contributed by atoms with E-state index < -0.39 is 24.2 Å². The molecular formula is C15H24O7. The molecule has 0 spiro atoms. The first-order chi connectivity index (χ1) is 10.3. The lowest BCUT2D eigenvalue weighted by Gasteiger charge is -2.15. The van der Waals surface area contributed by atoms with Crippen LogP contribution in [0.2, 0.25) is 0 Å². The Labute approximate surface area is 130 Å². The molecule has 7 nitrogen and oxygen atoms in total. The van der Waals surface area contributed by atoms with Crippen LogP contribution in [0.1, 0.15) is 33.6 Å². The van der Waals surface area contributed by atoms with Crippen LogP contribution in [0.15, 0.2) is 12.7 Å². The van der Waals surface area contributed by atoms with E-state index in [1.165, 1.54) is 0 Å². The molecule has 0 aromatic rings. The van der Waals surface area contributed by atoms with E-state index in [2.05, 4.69) is 11.3 Å². The van der Waals surface area contributed by atoms with Gasteiger partial charge in [0.25, 0.3) is 0 Å². The van der Waals surface area contributed by atoms with Crippen LogP contribution >= 0.6 is 0 Å². The van der Waals surface area contributed by atoms with Crippen LogP contribution in [0.4, 0.5) is 0 Å². The van der Waals surface area contributed by atoms with Crippen LogP contribution in [-0.4, -0.2) is 44.0 Å². The summed E-state index contributed by atoms with van der Waals surface area (Å²) in [5, 5.41) is 0. The van der Waals surface area contributed by atoms with Gasteiger partial charge >= 0.3 is 17.9 Å². The molecule has 0 aromatic heterocycles. The number of carbonyl (C=O) groups is 3. The molecule has 22 heavy (non-hydrogen) atoms. The van der Waals surface area contributed by atoms with Crippen molar-refractivity contribution in [2.24, 2.45) is 5.92 Å². The van der Waals surface area contributed by atoms with E-state index in [0.29, 0.717) is 12.5 Å². The van der Waals surface area contributed by atoms with E-state index >= 15 is 0 Å². The molecule has 1 unspecified atom stereocenters. The SMILES string of the molecule is C=CC(=O)OCCC(=O)OCCC(=O)OC(C)OCC(C)C. The highest BCUT2D eigenvalue weighted by atomic mass is 16.7. The van der Waals surface area contributed by atoms with Crippen molar-refractivity contribution in [2.45, 2.75) is 39.9 Å². The van der Waals surface area contributed by atoms with E-state index in [0.717, 1.165) is 6.08 Å². The standard InChI is InChI=1S/C15H24O7/c1-5-13(16)19-8-6-14(17)20-9-7-15(18)22-12(4)21-10-11(2)3/h5,11-12H,1,6-10H2,2-4H3. The zero-order chi connectivity index (χ0) is 17.0. The van der Waals surface area contributed by atoms with E-state index in [9.17, 15) is 14.4 Å². The highest BCUT2D eigenvalue weighted by Crippen LogP contribution is 2.01. The lowest BCUT2D eigenvalue weighted by Crippen LogP contribution is -2.21. The number of ether oxygens (including phenoxy) is 4. The molecule has 0 fully saturated rings. The summed E-state index contributed by atoms with van der Waals surface area (Å²) in [4.78, 5) is 33.5. The Morgan fingerprint density at radius 2 is 1.59 bits per heavy atom. The highest BCUT2D eigenvalue weighted by molar-refractivity contribution is 5.81. The van der Waals surface area contributed by atoms with Gasteiger partial charge in [0.1, 0.15) is 13.2 Å². The lowest BCUT2D eigenvalue weighted by molar-refractivity contribution is -0.177. The number of hydrogen-bond donors (Lipinski definition) is 0. The number of esters is 3. The van der Waals surface area contributed by atoms with Crippen molar-refractivity contribution in [3.05, 3.63) is 12.7 Å². The molecule has 7 heteroatoms. The van der Waals surface area contributed by atoms with Gasteiger partial charge in [-0.2, -0.15) is 0 Å². The summed E-state index contributed by atoms with van der Waals surface area (Å²) in [5.41, 5.74) is 0. The van der Waals surface area contributed by atoms with Gasteiger partial charge in [-0.25, -0.2) is 4.79 Å². The Morgan fingerprint density at radius 3 is 2.18 bits per heavy atom. The van der Waals surface area contributed by atoms with Crippen molar-refractivity contribution in [3.63, 3.8) is 0 Å². The smallest absolute Gasteiger partial charge is 0.330 e. The van der Waals surface area contributed by atoms with Gasteiger partial charge in [-0.1, -0.05) is 20.4 Å². The molecule has 1 atom stereocenters. The average Bonchev–Trinajstić information content (AvgIpc) is 2.44. The third-order valence-electron chi connectivity index (χ3n) is 2.25. The average molecular weight is 316 g/mol. The number of carbonyl (C=O) groups excluding carboxylic acids is 3. The quantitative estimate of drug-likeness (QED) is 0.247. The van der Waals surface area contributed by atoms with Crippen LogP contribution in [0.25, 0.3) is 0 Å². The van der Waals surface area contributed by atoms with Crippen molar-refractivity contribution in [3.8, 4) is 0 Å². The third kappa shape index (κ3) is 11.9. The Balaban J connectivity index is 3.68. The summed E-state index contributed by atoms with van der Waals surface area (Å²) in [6.07, 6.45) is 0.226. The van der Waals surface area contributed by atoms with Gasteiger partial charge in [0.2, 0.25) is 0 Å². The molecule has 126 valence electrons. The fourth-order valence-electron chi connectivity index (χ4n) is 1.22. The molecule has 0 heterocycles. The van der Waals surface area contributed by atoms with Gasteiger partial charge in [-0.15, -0.1) is 0 Å². The molecule has 0 saturated carbocycles. The van der Waals surface area contributed by atoms with Crippen LogP contribution < -0.4 is 0 Å². The van der Waals surface area contributed by atoms with Gasteiger partial charge in [0.15, 0.2) is 6.29 Å². The summed E-state index contributed by atoms with van der Waals surface area (Å²) in [7, 11) is 0. The summed E-state index contributed by atoms with van der Waals surface area (Å²) in [6, 6.07) is 0. The largest absolute Gasteiger partial charge is 0.465 e. The topological polar surface area (TPSA) is 88.1 Å². The fraction of sp³-hybridized carbons (Fsp3) is 0.667. The molecule has 0 aliphatic carbocycles. The van der Waals surface area contributed by atoms with Gasteiger partial charge < -0.3 is 18.9 Å². The maximum absolute atomic E-state index is 11.4. The maximum atomic E-state index is 11.4. The monoisotopic (exact) mass is 316 g/mol. The molecule has 0 aliphatic heterocycles. The second-order valence-corrected chi connectivity index (χ2v) is 4.88. The minimum Gasteiger partial charge on any atom is -0.465 e. The molecule has 0 N–H and O–H groups in total. The van der Waals surface area contributed by atoms with Gasteiger partial charge in [0.05, 0.1) is 19.4 Å². The van der Waals surface area contributed by atoms with Crippen molar-refractivity contribution in [2.75, 3.05) is 19.8 Å². The molecule has 0 aliphatic rings. The Kier molecular flexibility index (Phi) is 10.7. The first-order valence-electron chi connectivity index (χ1n) is 7.11. The Bertz CT molecular complexity index is 376. The van der Waals surface area contributed by atoms with E-state index in [1.807, 2.05) is 13.8 Å². The molecule has 0 radical (unpaired) electrons. The van der Waals surface area contributed by atoms with Gasteiger partial charge in [-0.05, 0) is 12.8 Å². The van der Waals surface area contributed by atoms with Crippen molar-refractivity contribution in [1.82, 2.24) is 0 Å². The second kappa shape index (κ2) is 11.7. The van der Waals surface area contributed by atoms with Crippen molar-refractivity contribution >= 4 is 17.9 Å². The molecule has 0 bridgehead atoms. The van der Waals surface area contributed by atoms with E-state index in [1.54, 1.807) is 6.92 Å². The van der Waals surface area contributed by atoms with E-state index in [-0.39, 0.29) is 26.1 Å². The molecule has 0 saturated heterocycles. The lowest BCUT2D eigenvalue weighted by atomic mass is 10.2. The van der Waals surface area contributed by atoms with Crippen LogP contribution in [0.3, 0.4) is 0 Å². The minimum absolute atomic E-state index is 0.0619. The normalized spacial score (nSPS) is 11.6. The summed E-state index contributed by atoms with van der Waals surface area (Å²) in [5.74, 6) is -1.33. The molecule has 0 aromatic carbocycles. The summed E-state index contributed by atoms with van der Waals surface area (Å²) < 4.78 is 19.7. The molecule has 0 rings (SSSR count). The second-order valence-electron chi connectivity index (χ2n) is 4.88. The molecule has 0 amide bonds. The predicted molar refractivity (Wildman–Crippen MR) is 77.7 cm³/mol. The van der Waals surface area contributed by atoms with Crippen LogP contribution in [0, 0.1) is 5.92 Å². The Hall–Kier alpha value is -1.89. The Morgan fingerprint density at radius 1 is 1.00 bits per heavy atom. The first-order valence-corrected chi connectivity index (χ1v) is 7.11. The van der Waals surface area contributed by atoms with E-state index in [4.69, 9.17) is 14.2 Å². The zero-order valence-corrected chi connectivity index (χ0v) is 13.3.